The van der Waals surface area contributed by atoms with Crippen LogP contribution in [-0.2, 0) is 4.79 Å². The average molecular weight is 345 g/mol. The van der Waals surface area contributed by atoms with Gasteiger partial charge in [0.2, 0.25) is 0 Å². The number of nitrogens with one attached hydrogen (secondary N) is 1. The lowest BCUT2D eigenvalue weighted by Gasteiger charge is -2.28. The zero-order valence-electron chi connectivity index (χ0n) is 12.7. The fraction of sp³-hybridized carbons (Fsp3) is 0.562. The zero-order valence-corrected chi connectivity index (χ0v) is 14.2. The molecule has 1 unspecified atom stereocenters. The minimum absolute atomic E-state index is 0.403. The molecule has 2 rings (SSSR count). The van der Waals surface area contributed by atoms with Crippen LogP contribution >= 0.6 is 23.2 Å². The van der Waals surface area contributed by atoms with Crippen LogP contribution < -0.4 is 5.32 Å². The van der Waals surface area contributed by atoms with Gasteiger partial charge in [-0.1, -0.05) is 23.2 Å². The molecule has 1 aliphatic heterocycles. The molecule has 1 atom stereocenters. The van der Waals surface area contributed by atoms with Gasteiger partial charge in [0.15, 0.2) is 6.10 Å². The van der Waals surface area contributed by atoms with Gasteiger partial charge in [0.1, 0.15) is 0 Å². The largest absolute Gasteiger partial charge is 0.378 e. The molecule has 0 spiro atoms. The number of aliphatic hydroxyl groups excluding tert-OH is 1. The number of carbonyl (C=O) groups is 1. The number of amides is 1. The van der Waals surface area contributed by atoms with Crippen LogP contribution in [0.15, 0.2) is 18.2 Å². The summed E-state index contributed by atoms with van der Waals surface area (Å²) in [6.45, 7) is 2.81. The van der Waals surface area contributed by atoms with E-state index in [9.17, 15) is 9.90 Å². The smallest absolute Gasteiger partial charge is 0.253 e. The van der Waals surface area contributed by atoms with Crippen molar-refractivity contribution in [2.75, 3.05) is 26.7 Å². The minimum Gasteiger partial charge on any atom is -0.378 e. The van der Waals surface area contributed by atoms with E-state index in [1.54, 1.807) is 18.2 Å². The first-order valence-electron chi connectivity index (χ1n) is 7.56. The Labute approximate surface area is 141 Å². The molecule has 1 aromatic rings. The van der Waals surface area contributed by atoms with Gasteiger partial charge in [-0.05, 0) is 69.1 Å². The number of hydrogen-bond donors (Lipinski definition) is 2. The fourth-order valence-electron chi connectivity index (χ4n) is 2.73. The van der Waals surface area contributed by atoms with Gasteiger partial charge in [0.05, 0.1) is 0 Å². The average Bonchev–Trinajstić information content (AvgIpc) is 2.47. The summed E-state index contributed by atoms with van der Waals surface area (Å²) in [6, 6.07) is 4.67. The van der Waals surface area contributed by atoms with E-state index in [4.69, 9.17) is 23.2 Å². The number of piperidine rings is 1. The summed E-state index contributed by atoms with van der Waals surface area (Å²) < 4.78 is 0. The maximum absolute atomic E-state index is 12.0. The van der Waals surface area contributed by atoms with Gasteiger partial charge >= 0.3 is 0 Å². The quantitative estimate of drug-likeness (QED) is 0.863. The maximum Gasteiger partial charge on any atom is 0.253 e. The maximum atomic E-state index is 12.0. The second-order valence-electron chi connectivity index (χ2n) is 5.93. The van der Waals surface area contributed by atoms with Crippen molar-refractivity contribution in [2.24, 2.45) is 5.92 Å². The number of hydrogen-bond acceptors (Lipinski definition) is 3. The third-order valence-electron chi connectivity index (χ3n) is 4.14. The Balaban J connectivity index is 1.79. The molecule has 6 heteroatoms. The number of halogens is 2. The molecule has 22 heavy (non-hydrogen) atoms. The third-order valence-corrected chi connectivity index (χ3v) is 4.58. The van der Waals surface area contributed by atoms with E-state index in [-0.39, 0.29) is 0 Å². The first-order valence-corrected chi connectivity index (χ1v) is 8.31. The van der Waals surface area contributed by atoms with Crippen molar-refractivity contribution in [1.82, 2.24) is 10.2 Å². The summed E-state index contributed by atoms with van der Waals surface area (Å²) in [6.07, 6.45) is 2.04. The molecule has 1 aliphatic rings. The first kappa shape index (κ1) is 17.5. The fourth-order valence-corrected chi connectivity index (χ4v) is 3.27. The van der Waals surface area contributed by atoms with Crippen molar-refractivity contribution in [1.29, 1.82) is 0 Å². The summed E-state index contributed by atoms with van der Waals surface area (Å²) >= 11 is 11.8. The van der Waals surface area contributed by atoms with Crippen LogP contribution in [0.5, 0.6) is 0 Å². The molecule has 1 fully saturated rings. The van der Waals surface area contributed by atoms with Crippen molar-refractivity contribution < 1.29 is 9.90 Å². The van der Waals surface area contributed by atoms with Crippen molar-refractivity contribution >= 4 is 29.1 Å². The normalized spacial score (nSPS) is 18.2. The van der Waals surface area contributed by atoms with E-state index >= 15 is 0 Å². The highest BCUT2D eigenvalue weighted by atomic mass is 35.5. The summed E-state index contributed by atoms with van der Waals surface area (Å²) in [5.41, 5.74) is 0.411. The predicted molar refractivity (Wildman–Crippen MR) is 89.3 cm³/mol. The summed E-state index contributed by atoms with van der Waals surface area (Å²) in [4.78, 5) is 14.3. The molecule has 0 aromatic heterocycles. The molecular formula is C16H22Cl2N2O2. The number of benzene rings is 1. The van der Waals surface area contributed by atoms with Gasteiger partial charge in [-0.15, -0.1) is 0 Å². The molecular weight excluding hydrogens is 323 g/mol. The first-order chi connectivity index (χ1) is 10.5. The minimum atomic E-state index is -1.24. The predicted octanol–water partition coefficient (Wildman–Crippen LogP) is 2.87. The van der Waals surface area contributed by atoms with E-state index in [1.807, 2.05) is 0 Å². The Morgan fingerprint density at radius 2 is 1.91 bits per heavy atom. The SMILES string of the molecule is CN1CCC(CCNC(=O)C(O)c2cc(Cl)cc(Cl)c2)CC1. The van der Waals surface area contributed by atoms with Gasteiger partial charge in [-0.3, -0.25) is 4.79 Å². The lowest BCUT2D eigenvalue weighted by atomic mass is 9.94. The second-order valence-corrected chi connectivity index (χ2v) is 6.80. The van der Waals surface area contributed by atoms with Gasteiger partial charge in [0, 0.05) is 16.6 Å². The summed E-state index contributed by atoms with van der Waals surface area (Å²) in [5.74, 6) is 0.237. The molecule has 4 nitrogen and oxygen atoms in total. The standard InChI is InChI=1S/C16H22Cl2N2O2/c1-20-6-3-11(4-7-20)2-5-19-16(22)15(21)12-8-13(17)10-14(18)9-12/h8-11,15,21H,2-7H2,1H3,(H,19,22). The van der Waals surface area contributed by atoms with Gasteiger partial charge in [0.25, 0.3) is 5.91 Å². The lowest BCUT2D eigenvalue weighted by molar-refractivity contribution is -0.129. The van der Waals surface area contributed by atoms with Crippen molar-refractivity contribution in [3.63, 3.8) is 0 Å². The van der Waals surface area contributed by atoms with Crippen molar-refractivity contribution in [2.45, 2.75) is 25.4 Å². The van der Waals surface area contributed by atoms with Crippen LogP contribution in [-0.4, -0.2) is 42.6 Å². The molecule has 2 N–H and O–H groups in total. The van der Waals surface area contributed by atoms with Crippen molar-refractivity contribution in [3.05, 3.63) is 33.8 Å². The molecule has 1 heterocycles. The summed E-state index contributed by atoms with van der Waals surface area (Å²) in [7, 11) is 2.13. The number of aliphatic hydroxyl groups is 1. The van der Waals surface area contributed by atoms with Crippen molar-refractivity contribution in [3.8, 4) is 0 Å². The molecule has 0 aliphatic carbocycles. The van der Waals surface area contributed by atoms with Gasteiger partial charge in [-0.2, -0.15) is 0 Å². The molecule has 1 amide bonds. The molecule has 122 valence electrons. The number of rotatable bonds is 5. The van der Waals surface area contributed by atoms with Gasteiger partial charge in [-0.25, -0.2) is 0 Å². The van der Waals surface area contributed by atoms with Crippen LogP contribution in [0, 0.1) is 5.92 Å². The number of likely N-dealkylation sites (tertiary alicyclic amines) is 1. The molecule has 0 bridgehead atoms. The Morgan fingerprint density at radius 1 is 1.32 bits per heavy atom. The molecule has 0 radical (unpaired) electrons. The lowest BCUT2D eigenvalue weighted by Crippen LogP contribution is -2.34. The highest BCUT2D eigenvalue weighted by Crippen LogP contribution is 2.24. The van der Waals surface area contributed by atoms with E-state index in [2.05, 4.69) is 17.3 Å². The Hall–Kier alpha value is -0.810. The van der Waals surface area contributed by atoms with E-state index < -0.39 is 12.0 Å². The summed E-state index contributed by atoms with van der Waals surface area (Å²) in [5, 5.41) is 13.7. The van der Waals surface area contributed by atoms with Crippen LogP contribution in [0.1, 0.15) is 30.9 Å². The van der Waals surface area contributed by atoms with E-state index in [1.165, 1.54) is 12.8 Å². The molecule has 0 saturated carbocycles. The Bertz CT molecular complexity index is 497. The monoisotopic (exact) mass is 344 g/mol. The van der Waals surface area contributed by atoms with Crippen LogP contribution in [0.2, 0.25) is 10.0 Å². The molecule has 1 saturated heterocycles. The van der Waals surface area contributed by atoms with E-state index in [0.717, 1.165) is 19.5 Å². The molecule has 1 aromatic carbocycles. The number of carbonyl (C=O) groups excluding carboxylic acids is 1. The number of nitrogens with zero attached hydrogens (tertiary/aromatic N) is 1. The van der Waals surface area contributed by atoms with Crippen LogP contribution in [0.3, 0.4) is 0 Å². The highest BCUT2D eigenvalue weighted by molar-refractivity contribution is 6.34. The topological polar surface area (TPSA) is 52.6 Å². The Morgan fingerprint density at radius 3 is 2.50 bits per heavy atom. The van der Waals surface area contributed by atoms with Gasteiger partial charge < -0.3 is 15.3 Å². The van der Waals surface area contributed by atoms with E-state index in [0.29, 0.717) is 28.1 Å². The third kappa shape index (κ3) is 5.13. The van der Waals surface area contributed by atoms with Crippen LogP contribution in [0.4, 0.5) is 0 Å². The second kappa shape index (κ2) is 8.16. The van der Waals surface area contributed by atoms with Crippen LogP contribution in [0.25, 0.3) is 0 Å². The highest BCUT2D eigenvalue weighted by Gasteiger charge is 2.20. The zero-order chi connectivity index (χ0) is 16.1. The Kier molecular flexibility index (Phi) is 6.50.